The number of aromatic nitrogens is 4. The van der Waals surface area contributed by atoms with Crippen LogP contribution in [0.4, 0.5) is 10.8 Å². The number of anilines is 2. The summed E-state index contributed by atoms with van der Waals surface area (Å²) in [7, 11) is 0. The molecule has 2 aromatic carbocycles. The second-order valence-electron chi connectivity index (χ2n) is 6.98. The number of fused-ring (bicyclic) bond motifs is 1. The van der Waals surface area contributed by atoms with Gasteiger partial charge in [-0.15, -0.1) is 22.7 Å². The molecule has 0 bridgehead atoms. The fourth-order valence-electron chi connectivity index (χ4n) is 3.23. The van der Waals surface area contributed by atoms with Gasteiger partial charge in [0.25, 0.3) is 0 Å². The van der Waals surface area contributed by atoms with E-state index < -0.39 is 0 Å². The lowest BCUT2D eigenvalue weighted by Crippen LogP contribution is -1.99. The van der Waals surface area contributed by atoms with Crippen molar-refractivity contribution in [1.82, 2.24) is 19.9 Å². The molecule has 0 unspecified atom stereocenters. The molecule has 0 atom stereocenters. The van der Waals surface area contributed by atoms with Gasteiger partial charge in [-0.2, -0.15) is 0 Å². The Bertz CT molecular complexity index is 1360. The van der Waals surface area contributed by atoms with Crippen molar-refractivity contribution in [2.24, 2.45) is 0 Å². The van der Waals surface area contributed by atoms with E-state index in [1.807, 2.05) is 23.2 Å². The second-order valence-corrected chi connectivity index (χ2v) is 9.76. The molecule has 3 heterocycles. The lowest BCUT2D eigenvalue weighted by Gasteiger charge is -2.10. The number of nitrogens with one attached hydrogen (secondary N) is 1. The fourth-order valence-corrected chi connectivity index (χ4v) is 5.62. The van der Waals surface area contributed by atoms with Crippen molar-refractivity contribution < 1.29 is 0 Å². The van der Waals surface area contributed by atoms with Crippen molar-refractivity contribution >= 4 is 55.5 Å². The van der Waals surface area contributed by atoms with Crippen LogP contribution in [0, 0.1) is 6.92 Å². The predicted octanol–water partition coefficient (Wildman–Crippen LogP) is 6.98. The lowest BCUT2D eigenvalue weighted by molar-refractivity contribution is 0.976. The zero-order valence-electron chi connectivity index (χ0n) is 17.0. The molecule has 0 fully saturated rings. The van der Waals surface area contributed by atoms with Crippen LogP contribution in [0.15, 0.2) is 69.6 Å². The minimum absolute atomic E-state index is 0.702. The van der Waals surface area contributed by atoms with Gasteiger partial charge < -0.3 is 5.32 Å². The molecular weight excluding hydrogens is 442 g/mol. The maximum atomic E-state index is 4.87. The summed E-state index contributed by atoms with van der Waals surface area (Å²) in [6, 6.07) is 16.6. The molecule has 0 aliphatic carbocycles. The van der Waals surface area contributed by atoms with Crippen LogP contribution in [0.1, 0.15) is 18.2 Å². The van der Waals surface area contributed by atoms with Gasteiger partial charge in [0.2, 0.25) is 0 Å². The van der Waals surface area contributed by atoms with Crippen LogP contribution in [0.3, 0.4) is 0 Å². The number of benzene rings is 2. The van der Waals surface area contributed by atoms with Crippen molar-refractivity contribution in [2.45, 2.75) is 30.3 Å². The summed E-state index contributed by atoms with van der Waals surface area (Å²) >= 11 is 4.79. The van der Waals surface area contributed by atoms with Crippen molar-refractivity contribution in [2.75, 3.05) is 5.32 Å². The van der Waals surface area contributed by atoms with Gasteiger partial charge in [-0.05, 0) is 49.4 Å². The average Bonchev–Trinajstić information content (AvgIpc) is 3.42. The molecular formula is C23H19N5S3. The zero-order valence-corrected chi connectivity index (χ0v) is 19.4. The molecule has 0 spiro atoms. The Morgan fingerprint density at radius 3 is 2.74 bits per heavy atom. The highest BCUT2D eigenvalue weighted by atomic mass is 32.2. The topological polar surface area (TPSA) is 63.6 Å². The highest BCUT2D eigenvalue weighted by Gasteiger charge is 2.12. The molecule has 0 saturated carbocycles. The summed E-state index contributed by atoms with van der Waals surface area (Å²) in [5.41, 5.74) is 8.97. The molecule has 0 radical (unpaired) electrons. The summed E-state index contributed by atoms with van der Waals surface area (Å²) < 4.78 is 1.16. The van der Waals surface area contributed by atoms with Crippen LogP contribution in [-0.2, 0) is 6.42 Å². The molecule has 0 aliphatic heterocycles. The smallest absolute Gasteiger partial charge is 0.194 e. The van der Waals surface area contributed by atoms with Gasteiger partial charge in [-0.25, -0.2) is 19.9 Å². The van der Waals surface area contributed by atoms with Crippen LogP contribution in [0.2, 0.25) is 0 Å². The first-order valence-electron chi connectivity index (χ1n) is 9.84. The van der Waals surface area contributed by atoms with Crippen molar-refractivity contribution in [3.05, 3.63) is 70.8 Å². The van der Waals surface area contributed by atoms with Crippen molar-refractivity contribution in [3.63, 3.8) is 0 Å². The van der Waals surface area contributed by atoms with E-state index in [9.17, 15) is 0 Å². The van der Waals surface area contributed by atoms with Crippen LogP contribution in [0.5, 0.6) is 0 Å². The molecule has 5 aromatic rings. The first kappa shape index (κ1) is 20.1. The normalized spacial score (nSPS) is 11.2. The predicted molar refractivity (Wildman–Crippen MR) is 131 cm³/mol. The minimum Gasteiger partial charge on any atom is -0.330 e. The first-order chi connectivity index (χ1) is 15.2. The number of aryl methyl sites for hydroxylation is 2. The third kappa shape index (κ3) is 4.46. The standard InChI is InChI=1S/C23H19N5S3/c1-3-17-22(30-13-24-17)27-21-11-19(15-6-4-5-14(2)9-15)26-23(28-21)31-16-7-8-18-20(10-16)29-12-25-18/h4-13H,3H2,1-2H3,(H,26,27,28). The maximum Gasteiger partial charge on any atom is 0.194 e. The Morgan fingerprint density at radius 2 is 1.87 bits per heavy atom. The Kier molecular flexibility index (Phi) is 5.67. The monoisotopic (exact) mass is 461 g/mol. The number of thiazole rings is 2. The van der Waals surface area contributed by atoms with E-state index in [1.165, 1.54) is 5.56 Å². The fraction of sp³-hybridized carbons (Fsp3) is 0.130. The maximum absolute atomic E-state index is 4.87. The quantitative estimate of drug-likeness (QED) is 0.275. The Hall–Kier alpha value is -2.81. The molecule has 5 rings (SSSR count). The van der Waals surface area contributed by atoms with E-state index in [0.29, 0.717) is 5.16 Å². The number of hydrogen-bond acceptors (Lipinski definition) is 8. The molecule has 1 N–H and O–H groups in total. The summed E-state index contributed by atoms with van der Waals surface area (Å²) in [5.74, 6) is 0.770. The molecule has 8 heteroatoms. The van der Waals surface area contributed by atoms with Crippen molar-refractivity contribution in [3.8, 4) is 11.3 Å². The van der Waals surface area contributed by atoms with E-state index >= 15 is 0 Å². The summed E-state index contributed by atoms with van der Waals surface area (Å²) in [6.45, 7) is 4.20. The van der Waals surface area contributed by atoms with Crippen LogP contribution < -0.4 is 5.32 Å². The molecule has 3 aromatic heterocycles. The molecule has 0 saturated heterocycles. The summed E-state index contributed by atoms with van der Waals surface area (Å²) in [4.78, 5) is 19.6. The highest BCUT2D eigenvalue weighted by molar-refractivity contribution is 7.99. The van der Waals surface area contributed by atoms with Gasteiger partial charge in [0.1, 0.15) is 10.8 Å². The van der Waals surface area contributed by atoms with E-state index in [1.54, 1.807) is 34.4 Å². The number of nitrogens with zero attached hydrogens (tertiary/aromatic N) is 4. The number of rotatable bonds is 6. The molecule has 0 amide bonds. The lowest BCUT2D eigenvalue weighted by atomic mass is 10.1. The average molecular weight is 462 g/mol. The second kappa shape index (κ2) is 8.74. The van der Waals surface area contributed by atoms with Crippen LogP contribution in [-0.4, -0.2) is 19.9 Å². The minimum atomic E-state index is 0.702. The third-order valence-electron chi connectivity index (χ3n) is 4.75. The summed E-state index contributed by atoms with van der Waals surface area (Å²) in [5, 5.41) is 5.19. The van der Waals surface area contributed by atoms with Gasteiger partial charge in [0.15, 0.2) is 5.16 Å². The van der Waals surface area contributed by atoms with Gasteiger partial charge in [-0.1, -0.05) is 30.7 Å². The Labute approximate surface area is 192 Å². The van der Waals surface area contributed by atoms with Gasteiger partial charge in [0, 0.05) is 16.5 Å². The molecule has 31 heavy (non-hydrogen) atoms. The van der Waals surface area contributed by atoms with Crippen LogP contribution in [0.25, 0.3) is 21.5 Å². The first-order valence-corrected chi connectivity index (χ1v) is 12.4. The van der Waals surface area contributed by atoms with Gasteiger partial charge in [0.05, 0.1) is 32.6 Å². The van der Waals surface area contributed by atoms with E-state index in [0.717, 1.165) is 49.3 Å². The number of hydrogen-bond donors (Lipinski definition) is 1. The van der Waals surface area contributed by atoms with Crippen molar-refractivity contribution in [1.29, 1.82) is 0 Å². The van der Waals surface area contributed by atoms with E-state index in [2.05, 4.69) is 65.5 Å². The Morgan fingerprint density at radius 1 is 0.968 bits per heavy atom. The zero-order chi connectivity index (χ0) is 21.2. The SMILES string of the molecule is CCc1ncsc1Nc1cc(-c2cccc(C)c2)nc(Sc2ccc3ncsc3c2)n1. The van der Waals surface area contributed by atoms with E-state index in [-0.39, 0.29) is 0 Å². The largest absolute Gasteiger partial charge is 0.330 e. The van der Waals surface area contributed by atoms with Crippen LogP contribution >= 0.6 is 34.4 Å². The molecule has 154 valence electrons. The molecule has 0 aliphatic rings. The summed E-state index contributed by atoms with van der Waals surface area (Å²) in [6.07, 6.45) is 0.873. The van der Waals surface area contributed by atoms with Gasteiger partial charge >= 0.3 is 0 Å². The van der Waals surface area contributed by atoms with Gasteiger partial charge in [-0.3, -0.25) is 0 Å². The molecule has 5 nitrogen and oxygen atoms in total. The highest BCUT2D eigenvalue weighted by Crippen LogP contribution is 2.33. The third-order valence-corrected chi connectivity index (χ3v) is 7.18. The Balaban J connectivity index is 1.54. The van der Waals surface area contributed by atoms with E-state index in [4.69, 9.17) is 9.97 Å².